The summed E-state index contributed by atoms with van der Waals surface area (Å²) in [5, 5.41) is 14.1. The summed E-state index contributed by atoms with van der Waals surface area (Å²) < 4.78 is 0. The highest BCUT2D eigenvalue weighted by molar-refractivity contribution is 7.09. The van der Waals surface area contributed by atoms with Gasteiger partial charge in [-0.1, -0.05) is 0 Å². The highest BCUT2D eigenvalue weighted by atomic mass is 32.1. The third kappa shape index (κ3) is 5.61. The van der Waals surface area contributed by atoms with Gasteiger partial charge in [0.2, 0.25) is 5.91 Å². The van der Waals surface area contributed by atoms with E-state index >= 15 is 0 Å². The van der Waals surface area contributed by atoms with Crippen molar-refractivity contribution in [2.24, 2.45) is 0 Å². The molecule has 0 aliphatic heterocycles. The summed E-state index contributed by atoms with van der Waals surface area (Å²) >= 11 is 1.49. The highest BCUT2D eigenvalue weighted by Gasteiger charge is 1.98. The van der Waals surface area contributed by atoms with Gasteiger partial charge in [0.1, 0.15) is 6.61 Å². The molecule has 0 atom stereocenters. The van der Waals surface area contributed by atoms with Gasteiger partial charge in [-0.25, -0.2) is 4.98 Å². The lowest BCUT2D eigenvalue weighted by atomic mass is 10.4. The molecule has 1 aromatic heterocycles. The molecule has 1 aromatic rings. The number of amides is 1. The SMILES string of the molecule is Cc1nc(/C=C/C(=O)NCCO[N+](=O)[O-])cs1. The predicted molar refractivity (Wildman–Crippen MR) is 61.8 cm³/mol. The van der Waals surface area contributed by atoms with E-state index in [1.807, 2.05) is 12.3 Å². The summed E-state index contributed by atoms with van der Waals surface area (Å²) in [5.41, 5.74) is 0.712. The van der Waals surface area contributed by atoms with Crippen molar-refractivity contribution in [3.63, 3.8) is 0 Å². The summed E-state index contributed by atoms with van der Waals surface area (Å²) in [4.78, 5) is 29.2. The standard InChI is InChI=1S/C9H11N3O4S/c1-7-11-8(6-17-7)2-3-9(13)10-4-5-16-12(14)15/h2-3,6H,4-5H2,1H3,(H,10,13)/b3-2+. The second kappa shape index (κ2) is 6.59. The number of hydrogen-bond acceptors (Lipinski definition) is 6. The number of carbonyl (C=O) groups excluding carboxylic acids is 1. The van der Waals surface area contributed by atoms with Crippen LogP contribution in [0.2, 0.25) is 0 Å². The van der Waals surface area contributed by atoms with Crippen molar-refractivity contribution in [1.82, 2.24) is 10.3 Å². The fourth-order valence-electron chi connectivity index (χ4n) is 0.971. The number of aryl methyl sites for hydroxylation is 1. The first-order valence-electron chi connectivity index (χ1n) is 4.73. The first-order valence-corrected chi connectivity index (χ1v) is 5.61. The molecule has 0 aliphatic rings. The molecule has 8 heteroatoms. The molecular formula is C9H11N3O4S. The van der Waals surface area contributed by atoms with Gasteiger partial charge in [0, 0.05) is 18.0 Å². The third-order valence-corrected chi connectivity index (χ3v) is 2.43. The van der Waals surface area contributed by atoms with Crippen LogP contribution in [0.15, 0.2) is 11.5 Å². The Balaban J connectivity index is 2.25. The van der Waals surface area contributed by atoms with Crippen LogP contribution < -0.4 is 5.32 Å². The number of rotatable bonds is 6. The maximum atomic E-state index is 11.2. The van der Waals surface area contributed by atoms with Crippen molar-refractivity contribution in [3.05, 3.63) is 32.3 Å². The van der Waals surface area contributed by atoms with Crippen LogP contribution >= 0.6 is 11.3 Å². The minimum atomic E-state index is -0.903. The number of nitrogens with one attached hydrogen (secondary N) is 1. The van der Waals surface area contributed by atoms with E-state index in [1.54, 1.807) is 6.08 Å². The Hall–Kier alpha value is -1.96. The van der Waals surface area contributed by atoms with Gasteiger partial charge < -0.3 is 10.2 Å². The van der Waals surface area contributed by atoms with E-state index in [9.17, 15) is 14.9 Å². The van der Waals surface area contributed by atoms with E-state index in [1.165, 1.54) is 17.4 Å². The molecule has 0 saturated carbocycles. The van der Waals surface area contributed by atoms with Crippen molar-refractivity contribution in [1.29, 1.82) is 0 Å². The Morgan fingerprint density at radius 3 is 3.12 bits per heavy atom. The molecule has 0 bridgehead atoms. The molecule has 1 N–H and O–H groups in total. The van der Waals surface area contributed by atoms with Gasteiger partial charge in [0.25, 0.3) is 5.09 Å². The quantitative estimate of drug-likeness (QED) is 0.352. The van der Waals surface area contributed by atoms with E-state index in [0.29, 0.717) is 5.69 Å². The molecular weight excluding hydrogens is 246 g/mol. The van der Waals surface area contributed by atoms with E-state index in [0.717, 1.165) is 5.01 Å². The topological polar surface area (TPSA) is 94.4 Å². The first-order chi connectivity index (χ1) is 8.08. The van der Waals surface area contributed by atoms with Gasteiger partial charge in [-0.05, 0) is 13.0 Å². The minimum Gasteiger partial charge on any atom is -0.351 e. The third-order valence-electron chi connectivity index (χ3n) is 1.64. The van der Waals surface area contributed by atoms with Gasteiger partial charge in [-0.3, -0.25) is 4.79 Å². The average Bonchev–Trinajstić information content (AvgIpc) is 2.67. The fraction of sp³-hybridized carbons (Fsp3) is 0.333. The van der Waals surface area contributed by atoms with Crippen molar-refractivity contribution in [3.8, 4) is 0 Å². The molecule has 0 spiro atoms. The Morgan fingerprint density at radius 2 is 2.53 bits per heavy atom. The summed E-state index contributed by atoms with van der Waals surface area (Å²) in [6.45, 7) is 1.79. The van der Waals surface area contributed by atoms with Crippen LogP contribution in [-0.4, -0.2) is 29.1 Å². The summed E-state index contributed by atoms with van der Waals surface area (Å²) in [5.74, 6) is -0.345. The molecule has 1 heterocycles. The second-order valence-corrected chi connectivity index (χ2v) is 4.03. The lowest BCUT2D eigenvalue weighted by Crippen LogP contribution is -2.26. The van der Waals surface area contributed by atoms with Crippen molar-refractivity contribution < 1.29 is 14.7 Å². The fourth-order valence-corrected chi connectivity index (χ4v) is 1.55. The molecule has 1 rings (SSSR count). The lowest BCUT2D eigenvalue weighted by Gasteiger charge is -1.99. The van der Waals surface area contributed by atoms with E-state index in [2.05, 4.69) is 15.1 Å². The van der Waals surface area contributed by atoms with Crippen LogP contribution in [0.5, 0.6) is 0 Å². The molecule has 0 fully saturated rings. The number of nitrogens with zero attached hydrogens (tertiary/aromatic N) is 2. The monoisotopic (exact) mass is 257 g/mol. The number of thiazole rings is 1. The summed E-state index contributed by atoms with van der Waals surface area (Å²) in [6, 6.07) is 0. The van der Waals surface area contributed by atoms with Crippen LogP contribution in [0.4, 0.5) is 0 Å². The van der Waals surface area contributed by atoms with Crippen molar-refractivity contribution >= 4 is 23.3 Å². The Morgan fingerprint density at radius 1 is 1.76 bits per heavy atom. The van der Waals surface area contributed by atoms with E-state index < -0.39 is 5.09 Å². The van der Waals surface area contributed by atoms with Gasteiger partial charge in [-0.15, -0.1) is 21.5 Å². The predicted octanol–water partition coefficient (Wildman–Crippen LogP) is 0.789. The molecule has 0 radical (unpaired) electrons. The highest BCUT2D eigenvalue weighted by Crippen LogP contribution is 2.08. The number of hydrogen-bond donors (Lipinski definition) is 1. The largest absolute Gasteiger partial charge is 0.351 e. The molecule has 1 amide bonds. The minimum absolute atomic E-state index is 0.0836. The average molecular weight is 257 g/mol. The van der Waals surface area contributed by atoms with E-state index in [-0.39, 0.29) is 19.1 Å². The molecule has 0 aliphatic carbocycles. The molecule has 0 unspecified atom stereocenters. The van der Waals surface area contributed by atoms with E-state index in [4.69, 9.17) is 0 Å². The Bertz CT molecular complexity index is 430. The molecule has 7 nitrogen and oxygen atoms in total. The van der Waals surface area contributed by atoms with Crippen LogP contribution in [0.25, 0.3) is 6.08 Å². The maximum Gasteiger partial charge on any atom is 0.294 e. The molecule has 0 saturated heterocycles. The number of aromatic nitrogens is 1. The molecule has 17 heavy (non-hydrogen) atoms. The molecule has 92 valence electrons. The van der Waals surface area contributed by atoms with Gasteiger partial charge in [-0.2, -0.15) is 0 Å². The summed E-state index contributed by atoms with van der Waals surface area (Å²) in [7, 11) is 0. The van der Waals surface area contributed by atoms with Crippen molar-refractivity contribution in [2.45, 2.75) is 6.92 Å². The second-order valence-electron chi connectivity index (χ2n) is 2.97. The zero-order valence-electron chi connectivity index (χ0n) is 9.08. The smallest absolute Gasteiger partial charge is 0.294 e. The molecule has 0 aromatic carbocycles. The van der Waals surface area contributed by atoms with Gasteiger partial charge in [0.05, 0.1) is 10.7 Å². The number of carbonyl (C=O) groups is 1. The van der Waals surface area contributed by atoms with Crippen molar-refractivity contribution in [2.75, 3.05) is 13.2 Å². The Kier molecular flexibility index (Phi) is 5.08. The normalized spacial score (nSPS) is 10.4. The first kappa shape index (κ1) is 13.1. The zero-order valence-corrected chi connectivity index (χ0v) is 9.90. The van der Waals surface area contributed by atoms with Crippen LogP contribution in [-0.2, 0) is 9.63 Å². The van der Waals surface area contributed by atoms with Crippen LogP contribution in [0.3, 0.4) is 0 Å². The lowest BCUT2D eigenvalue weighted by molar-refractivity contribution is -0.757. The maximum absolute atomic E-state index is 11.2. The zero-order chi connectivity index (χ0) is 12.7. The van der Waals surface area contributed by atoms with Crippen LogP contribution in [0.1, 0.15) is 10.7 Å². The summed E-state index contributed by atoms with van der Waals surface area (Å²) in [6.07, 6.45) is 2.90. The van der Waals surface area contributed by atoms with Gasteiger partial charge in [0.15, 0.2) is 0 Å². The van der Waals surface area contributed by atoms with Gasteiger partial charge >= 0.3 is 0 Å². The van der Waals surface area contributed by atoms with Crippen LogP contribution in [0, 0.1) is 17.0 Å². The Labute approximate surface area is 101 Å².